The van der Waals surface area contributed by atoms with Crippen LogP contribution in [0.2, 0.25) is 5.02 Å². The number of ether oxygens (including phenoxy) is 1. The maximum Gasteiger partial charge on any atom is 0.271 e. The van der Waals surface area contributed by atoms with Gasteiger partial charge in [0.1, 0.15) is 5.75 Å². The lowest BCUT2D eigenvalue weighted by atomic mass is 10.1. The fourth-order valence-corrected chi connectivity index (χ4v) is 2.49. The number of halogens is 1. The lowest BCUT2D eigenvalue weighted by Crippen LogP contribution is -2.30. The molecule has 1 atom stereocenters. The second-order valence-corrected chi connectivity index (χ2v) is 6.28. The summed E-state index contributed by atoms with van der Waals surface area (Å²) in [7, 11) is 0. The highest BCUT2D eigenvalue weighted by atomic mass is 35.5. The largest absolute Gasteiger partial charge is 0.481 e. The lowest BCUT2D eigenvalue weighted by Gasteiger charge is -2.18. The van der Waals surface area contributed by atoms with Gasteiger partial charge in [0.25, 0.3) is 11.6 Å². The van der Waals surface area contributed by atoms with Crippen LogP contribution in [0.25, 0.3) is 0 Å². The number of nitrogens with zero attached hydrogens (tertiary/aromatic N) is 1. The number of non-ortho nitro benzene ring substituents is 1. The van der Waals surface area contributed by atoms with Crippen molar-refractivity contribution in [3.8, 4) is 5.75 Å². The van der Waals surface area contributed by atoms with E-state index in [1.54, 1.807) is 6.92 Å². The van der Waals surface area contributed by atoms with Gasteiger partial charge in [-0.15, -0.1) is 0 Å². The smallest absolute Gasteiger partial charge is 0.271 e. The molecule has 132 valence electrons. The normalized spacial score (nSPS) is 11.7. The molecule has 2 aromatic rings. The molecule has 2 rings (SSSR count). The molecule has 7 heteroatoms. The first kappa shape index (κ1) is 18.7. The number of carbonyl (C=O) groups is 1. The van der Waals surface area contributed by atoms with Crippen LogP contribution in [0.15, 0.2) is 30.3 Å². The molecule has 0 aliphatic rings. The number of amides is 1. The van der Waals surface area contributed by atoms with Crippen LogP contribution in [0.5, 0.6) is 5.75 Å². The van der Waals surface area contributed by atoms with Gasteiger partial charge in [0, 0.05) is 12.1 Å². The molecule has 0 unspecified atom stereocenters. The summed E-state index contributed by atoms with van der Waals surface area (Å²) in [5.41, 5.74) is 3.09. The van der Waals surface area contributed by atoms with E-state index in [1.807, 2.05) is 32.9 Å². The number of benzene rings is 2. The summed E-state index contributed by atoms with van der Waals surface area (Å²) in [4.78, 5) is 22.7. The molecular formula is C18H19ClN2O4. The standard InChI is InChI=1S/C18H19ClN2O4/c1-10-7-11(2)12(3)17(8-10)25-13(4)18(22)20-16-9-14(21(23)24)5-6-15(16)19/h5-9,13H,1-4H3,(H,20,22)/t13-/m1/s1. The first-order chi connectivity index (χ1) is 11.7. The molecule has 0 heterocycles. The first-order valence-electron chi connectivity index (χ1n) is 7.68. The number of carbonyl (C=O) groups excluding carboxylic acids is 1. The predicted octanol–water partition coefficient (Wildman–Crippen LogP) is 4.58. The Morgan fingerprint density at radius 3 is 2.56 bits per heavy atom. The van der Waals surface area contributed by atoms with Crippen molar-refractivity contribution >= 4 is 28.9 Å². The van der Waals surface area contributed by atoms with E-state index in [0.717, 1.165) is 16.7 Å². The van der Waals surface area contributed by atoms with E-state index in [4.69, 9.17) is 16.3 Å². The minimum atomic E-state index is -0.796. The van der Waals surface area contributed by atoms with Crippen LogP contribution in [-0.4, -0.2) is 16.9 Å². The van der Waals surface area contributed by atoms with Crippen LogP contribution < -0.4 is 10.1 Å². The van der Waals surface area contributed by atoms with Crippen molar-refractivity contribution in [2.24, 2.45) is 0 Å². The predicted molar refractivity (Wildman–Crippen MR) is 97.5 cm³/mol. The summed E-state index contributed by atoms with van der Waals surface area (Å²) in [6, 6.07) is 7.77. The minimum absolute atomic E-state index is 0.154. The van der Waals surface area contributed by atoms with Gasteiger partial charge in [0.2, 0.25) is 0 Å². The van der Waals surface area contributed by atoms with Crippen LogP contribution in [-0.2, 0) is 4.79 Å². The monoisotopic (exact) mass is 362 g/mol. The van der Waals surface area contributed by atoms with Crippen molar-refractivity contribution in [3.63, 3.8) is 0 Å². The highest BCUT2D eigenvalue weighted by Gasteiger charge is 2.19. The Hall–Kier alpha value is -2.60. The second-order valence-electron chi connectivity index (χ2n) is 5.88. The summed E-state index contributed by atoms with van der Waals surface area (Å²) in [5, 5.41) is 13.6. The van der Waals surface area contributed by atoms with Crippen LogP contribution in [0.3, 0.4) is 0 Å². The minimum Gasteiger partial charge on any atom is -0.481 e. The Morgan fingerprint density at radius 2 is 1.92 bits per heavy atom. The Balaban J connectivity index is 2.16. The van der Waals surface area contributed by atoms with Gasteiger partial charge < -0.3 is 10.1 Å². The number of nitro groups is 1. The Kier molecular flexibility index (Phi) is 5.64. The number of aryl methyl sites for hydroxylation is 2. The number of nitrogens with one attached hydrogen (secondary N) is 1. The number of anilines is 1. The van der Waals surface area contributed by atoms with Crippen molar-refractivity contribution in [2.45, 2.75) is 33.8 Å². The van der Waals surface area contributed by atoms with Crippen LogP contribution in [0, 0.1) is 30.9 Å². The molecule has 1 amide bonds. The zero-order chi connectivity index (χ0) is 18.7. The number of hydrogen-bond acceptors (Lipinski definition) is 4. The third-order valence-electron chi connectivity index (χ3n) is 3.86. The van der Waals surface area contributed by atoms with E-state index < -0.39 is 16.9 Å². The molecule has 0 radical (unpaired) electrons. The van der Waals surface area contributed by atoms with E-state index in [1.165, 1.54) is 18.2 Å². The van der Waals surface area contributed by atoms with Crippen molar-refractivity contribution in [1.29, 1.82) is 0 Å². The van der Waals surface area contributed by atoms with E-state index in [0.29, 0.717) is 5.75 Å². The summed E-state index contributed by atoms with van der Waals surface area (Å²) < 4.78 is 5.77. The zero-order valence-corrected chi connectivity index (χ0v) is 15.2. The molecule has 0 saturated heterocycles. The average molecular weight is 363 g/mol. The maximum atomic E-state index is 12.4. The quantitative estimate of drug-likeness (QED) is 0.623. The molecule has 25 heavy (non-hydrogen) atoms. The van der Waals surface area contributed by atoms with E-state index in [2.05, 4.69) is 5.32 Å². The molecule has 6 nitrogen and oxygen atoms in total. The van der Waals surface area contributed by atoms with Crippen LogP contribution in [0.1, 0.15) is 23.6 Å². The fourth-order valence-electron chi connectivity index (χ4n) is 2.32. The molecule has 0 aliphatic heterocycles. The van der Waals surface area contributed by atoms with Gasteiger partial charge in [-0.05, 0) is 56.5 Å². The molecule has 0 bridgehead atoms. The van der Waals surface area contributed by atoms with E-state index >= 15 is 0 Å². The highest BCUT2D eigenvalue weighted by Crippen LogP contribution is 2.28. The van der Waals surface area contributed by atoms with Gasteiger partial charge in [-0.1, -0.05) is 17.7 Å². The van der Waals surface area contributed by atoms with Crippen molar-refractivity contribution < 1.29 is 14.5 Å². The molecular weight excluding hydrogens is 344 g/mol. The molecule has 1 N–H and O–H groups in total. The summed E-state index contributed by atoms with van der Waals surface area (Å²) >= 11 is 6.00. The number of hydrogen-bond donors (Lipinski definition) is 1. The Morgan fingerprint density at radius 1 is 1.24 bits per heavy atom. The highest BCUT2D eigenvalue weighted by molar-refractivity contribution is 6.33. The second kappa shape index (κ2) is 7.53. The third-order valence-corrected chi connectivity index (χ3v) is 4.19. The third kappa shape index (κ3) is 4.48. The summed E-state index contributed by atoms with van der Waals surface area (Å²) in [6.45, 7) is 7.46. The van der Waals surface area contributed by atoms with Gasteiger partial charge in [0.15, 0.2) is 6.10 Å². The van der Waals surface area contributed by atoms with Gasteiger partial charge in [-0.3, -0.25) is 14.9 Å². The van der Waals surface area contributed by atoms with Gasteiger partial charge in [-0.25, -0.2) is 0 Å². The SMILES string of the molecule is Cc1cc(C)c(C)c(O[C@H](C)C(=O)Nc2cc([N+](=O)[O-])ccc2Cl)c1. The van der Waals surface area contributed by atoms with Crippen molar-refractivity contribution in [3.05, 3.63) is 62.2 Å². The first-order valence-corrected chi connectivity index (χ1v) is 8.06. The fraction of sp³-hybridized carbons (Fsp3) is 0.278. The average Bonchev–Trinajstić information content (AvgIpc) is 2.53. The Bertz CT molecular complexity index is 836. The van der Waals surface area contributed by atoms with Gasteiger partial charge in [-0.2, -0.15) is 0 Å². The summed E-state index contributed by atoms with van der Waals surface area (Å²) in [6.07, 6.45) is -0.796. The molecule has 0 saturated carbocycles. The summed E-state index contributed by atoms with van der Waals surface area (Å²) in [5.74, 6) is 0.186. The topological polar surface area (TPSA) is 81.5 Å². The Labute approximate surface area is 150 Å². The molecule has 0 aromatic heterocycles. The van der Waals surface area contributed by atoms with E-state index in [9.17, 15) is 14.9 Å². The van der Waals surface area contributed by atoms with Gasteiger partial charge >= 0.3 is 0 Å². The molecule has 0 spiro atoms. The van der Waals surface area contributed by atoms with Crippen molar-refractivity contribution in [1.82, 2.24) is 0 Å². The number of nitro benzene ring substituents is 1. The van der Waals surface area contributed by atoms with Gasteiger partial charge in [0.05, 0.1) is 15.6 Å². The lowest BCUT2D eigenvalue weighted by molar-refractivity contribution is -0.384. The van der Waals surface area contributed by atoms with E-state index in [-0.39, 0.29) is 16.4 Å². The number of rotatable bonds is 5. The maximum absolute atomic E-state index is 12.4. The van der Waals surface area contributed by atoms with Crippen LogP contribution in [0.4, 0.5) is 11.4 Å². The molecule has 2 aromatic carbocycles. The van der Waals surface area contributed by atoms with Crippen molar-refractivity contribution in [2.75, 3.05) is 5.32 Å². The zero-order valence-electron chi connectivity index (χ0n) is 14.4. The van der Waals surface area contributed by atoms with Crippen LogP contribution >= 0.6 is 11.6 Å². The molecule has 0 fully saturated rings. The molecule has 0 aliphatic carbocycles.